The molecule has 1 amide bonds. The van der Waals surface area contributed by atoms with Gasteiger partial charge in [0, 0.05) is 23.9 Å². The van der Waals surface area contributed by atoms with Gasteiger partial charge < -0.3 is 9.73 Å². The van der Waals surface area contributed by atoms with Crippen LogP contribution in [0.1, 0.15) is 27.4 Å². The third-order valence-corrected chi connectivity index (χ3v) is 4.06. The van der Waals surface area contributed by atoms with Gasteiger partial charge in [0.25, 0.3) is 5.91 Å². The summed E-state index contributed by atoms with van der Waals surface area (Å²) in [6.07, 6.45) is -3.19. The number of aryl methyl sites for hydroxylation is 3. The van der Waals surface area contributed by atoms with Crippen LogP contribution in [-0.2, 0) is 13.2 Å². The van der Waals surface area contributed by atoms with Gasteiger partial charge in [0.2, 0.25) is 0 Å². The lowest BCUT2D eigenvalue weighted by atomic mass is 10.1. The van der Waals surface area contributed by atoms with E-state index in [0.29, 0.717) is 16.9 Å². The highest BCUT2D eigenvalue weighted by Gasteiger charge is 2.35. The van der Waals surface area contributed by atoms with E-state index in [4.69, 9.17) is 4.42 Å². The fourth-order valence-corrected chi connectivity index (χ4v) is 2.76. The number of anilines is 1. The third kappa shape index (κ3) is 3.57. The van der Waals surface area contributed by atoms with E-state index in [9.17, 15) is 22.4 Å². The van der Waals surface area contributed by atoms with Gasteiger partial charge in [-0.05, 0) is 38.1 Å². The molecule has 3 rings (SSSR count). The van der Waals surface area contributed by atoms with Gasteiger partial charge in [-0.1, -0.05) is 0 Å². The molecular formula is C18H15F4N3O2. The Labute approximate surface area is 151 Å². The number of hydrogen-bond donors (Lipinski definition) is 1. The fourth-order valence-electron chi connectivity index (χ4n) is 2.76. The lowest BCUT2D eigenvalue weighted by Gasteiger charge is -2.08. The van der Waals surface area contributed by atoms with Gasteiger partial charge in [0.1, 0.15) is 11.6 Å². The highest BCUT2D eigenvalue weighted by Crippen LogP contribution is 2.33. The van der Waals surface area contributed by atoms with Crippen LogP contribution in [0.25, 0.3) is 11.3 Å². The normalized spacial score (nSPS) is 11.7. The zero-order valence-electron chi connectivity index (χ0n) is 14.6. The van der Waals surface area contributed by atoms with Crippen molar-refractivity contribution in [3.63, 3.8) is 0 Å². The van der Waals surface area contributed by atoms with Crippen molar-refractivity contribution in [2.45, 2.75) is 20.0 Å². The predicted molar refractivity (Wildman–Crippen MR) is 89.7 cm³/mol. The lowest BCUT2D eigenvalue weighted by molar-refractivity contribution is -0.141. The summed E-state index contributed by atoms with van der Waals surface area (Å²) in [6, 6.07) is 4.51. The monoisotopic (exact) mass is 381 g/mol. The average molecular weight is 381 g/mol. The Morgan fingerprint density at radius 1 is 1.22 bits per heavy atom. The number of carbonyl (C=O) groups is 1. The van der Waals surface area contributed by atoms with Crippen LogP contribution in [-0.4, -0.2) is 15.7 Å². The van der Waals surface area contributed by atoms with Crippen LogP contribution in [0.3, 0.4) is 0 Å². The molecule has 5 nitrogen and oxygen atoms in total. The topological polar surface area (TPSA) is 60.1 Å². The summed E-state index contributed by atoms with van der Waals surface area (Å²) in [5, 5.41) is 5.92. The van der Waals surface area contributed by atoms with Crippen molar-refractivity contribution in [2.24, 2.45) is 7.05 Å². The van der Waals surface area contributed by atoms with Crippen molar-refractivity contribution in [2.75, 3.05) is 5.32 Å². The molecule has 0 saturated carbocycles. The zero-order chi connectivity index (χ0) is 19.9. The van der Waals surface area contributed by atoms with Gasteiger partial charge in [0.05, 0.1) is 17.5 Å². The van der Waals surface area contributed by atoms with Gasteiger partial charge >= 0.3 is 6.18 Å². The van der Waals surface area contributed by atoms with Crippen molar-refractivity contribution in [3.05, 3.63) is 58.9 Å². The summed E-state index contributed by atoms with van der Waals surface area (Å²) in [6.45, 7) is 3.34. The van der Waals surface area contributed by atoms with Crippen LogP contribution in [0.4, 0.5) is 23.2 Å². The van der Waals surface area contributed by atoms with Gasteiger partial charge in [-0.2, -0.15) is 18.3 Å². The number of nitrogens with one attached hydrogen (secondary N) is 1. The van der Waals surface area contributed by atoms with E-state index in [1.54, 1.807) is 13.8 Å². The second-order valence-corrected chi connectivity index (χ2v) is 6.03. The molecule has 0 unspecified atom stereocenters. The zero-order valence-corrected chi connectivity index (χ0v) is 14.6. The molecule has 0 atom stereocenters. The van der Waals surface area contributed by atoms with E-state index in [1.807, 2.05) is 0 Å². The van der Waals surface area contributed by atoms with Crippen LogP contribution in [0.5, 0.6) is 0 Å². The predicted octanol–water partition coefficient (Wildman–Crippen LogP) is 4.71. The third-order valence-electron chi connectivity index (χ3n) is 4.06. The minimum atomic E-state index is -4.62. The van der Waals surface area contributed by atoms with E-state index >= 15 is 0 Å². The fraction of sp³-hybridized carbons (Fsp3) is 0.222. The molecule has 1 N–H and O–H groups in total. The minimum Gasteiger partial charge on any atom is -0.469 e. The molecule has 0 bridgehead atoms. The highest BCUT2D eigenvalue weighted by molar-refractivity contribution is 6.06. The van der Waals surface area contributed by atoms with Crippen molar-refractivity contribution in [3.8, 4) is 11.3 Å². The Morgan fingerprint density at radius 2 is 1.93 bits per heavy atom. The molecule has 0 saturated heterocycles. The average Bonchev–Trinajstić information content (AvgIpc) is 3.10. The standard InChI is InChI=1S/C18H15F4N3O2/c1-9-8-27-10(2)16(9)17(26)23-11-4-5-12(13(19)6-11)14-7-15(18(20,21)22)24-25(14)3/h4-8H,1-3H3,(H,23,26). The number of furan rings is 1. The Morgan fingerprint density at radius 3 is 2.44 bits per heavy atom. The van der Waals surface area contributed by atoms with E-state index in [0.717, 1.165) is 16.8 Å². The molecule has 0 radical (unpaired) electrons. The molecule has 0 aliphatic heterocycles. The largest absolute Gasteiger partial charge is 0.469 e. The number of carbonyl (C=O) groups excluding carboxylic acids is 1. The van der Waals surface area contributed by atoms with Crippen molar-refractivity contribution in [1.82, 2.24) is 9.78 Å². The molecule has 2 heterocycles. The number of nitrogens with zero attached hydrogens (tertiary/aromatic N) is 2. The summed E-state index contributed by atoms with van der Waals surface area (Å²) in [4.78, 5) is 12.3. The Balaban J connectivity index is 1.89. The van der Waals surface area contributed by atoms with Crippen LogP contribution in [0, 0.1) is 19.7 Å². The Kier molecular flexibility index (Phi) is 4.54. The number of amides is 1. The first kappa shape index (κ1) is 18.7. The molecule has 1 aromatic carbocycles. The van der Waals surface area contributed by atoms with Crippen LogP contribution in [0.2, 0.25) is 0 Å². The molecule has 27 heavy (non-hydrogen) atoms. The molecule has 0 aliphatic carbocycles. The van der Waals surface area contributed by atoms with E-state index in [2.05, 4.69) is 10.4 Å². The van der Waals surface area contributed by atoms with Gasteiger partial charge in [-0.3, -0.25) is 9.48 Å². The van der Waals surface area contributed by atoms with Crippen LogP contribution >= 0.6 is 0 Å². The lowest BCUT2D eigenvalue weighted by Crippen LogP contribution is -2.13. The molecule has 0 fully saturated rings. The molecule has 0 aliphatic rings. The first-order chi connectivity index (χ1) is 12.6. The maximum Gasteiger partial charge on any atom is 0.435 e. The first-order valence-electron chi connectivity index (χ1n) is 7.85. The smallest absolute Gasteiger partial charge is 0.435 e. The number of halogens is 4. The minimum absolute atomic E-state index is 0.0285. The van der Waals surface area contributed by atoms with Gasteiger partial charge in [-0.15, -0.1) is 0 Å². The summed E-state index contributed by atoms with van der Waals surface area (Å²) in [5.41, 5.74) is -0.0480. The maximum absolute atomic E-state index is 14.5. The highest BCUT2D eigenvalue weighted by atomic mass is 19.4. The van der Waals surface area contributed by atoms with Crippen LogP contribution in [0.15, 0.2) is 34.9 Å². The number of hydrogen-bond acceptors (Lipinski definition) is 3. The number of alkyl halides is 3. The molecule has 2 aromatic heterocycles. The molecule has 0 spiro atoms. The van der Waals surface area contributed by atoms with Gasteiger partial charge in [0.15, 0.2) is 5.69 Å². The molecule has 142 valence electrons. The van der Waals surface area contributed by atoms with Crippen LogP contribution < -0.4 is 5.32 Å². The molecule has 3 aromatic rings. The number of benzene rings is 1. The first-order valence-corrected chi connectivity index (χ1v) is 7.85. The Bertz CT molecular complexity index is 999. The summed E-state index contributed by atoms with van der Waals surface area (Å²) in [7, 11) is 1.30. The maximum atomic E-state index is 14.5. The number of rotatable bonds is 3. The van der Waals surface area contributed by atoms with Gasteiger partial charge in [-0.25, -0.2) is 4.39 Å². The van der Waals surface area contributed by atoms with E-state index in [1.165, 1.54) is 25.4 Å². The second-order valence-electron chi connectivity index (χ2n) is 6.03. The van der Waals surface area contributed by atoms with Crippen molar-refractivity contribution in [1.29, 1.82) is 0 Å². The summed E-state index contributed by atoms with van der Waals surface area (Å²) >= 11 is 0. The molecular weight excluding hydrogens is 366 g/mol. The van der Waals surface area contributed by atoms with Crippen molar-refractivity contribution < 1.29 is 26.8 Å². The second kappa shape index (κ2) is 6.57. The quantitative estimate of drug-likeness (QED) is 0.669. The summed E-state index contributed by atoms with van der Waals surface area (Å²) in [5.74, 6) is -0.826. The Hall–Kier alpha value is -3.10. The summed E-state index contributed by atoms with van der Waals surface area (Å²) < 4.78 is 58.9. The van der Waals surface area contributed by atoms with E-state index in [-0.39, 0.29) is 16.9 Å². The molecule has 9 heteroatoms. The SMILES string of the molecule is Cc1coc(C)c1C(=O)Nc1ccc(-c2cc(C(F)(F)F)nn2C)c(F)c1. The van der Waals surface area contributed by atoms with E-state index < -0.39 is 23.6 Å². The van der Waals surface area contributed by atoms with Crippen molar-refractivity contribution >= 4 is 11.6 Å². The number of aromatic nitrogens is 2.